The lowest BCUT2D eigenvalue weighted by Crippen LogP contribution is -2.26. The molecule has 0 saturated heterocycles. The average Bonchev–Trinajstić information content (AvgIpc) is 2.80. The first-order chi connectivity index (χ1) is 10.4. The van der Waals surface area contributed by atoms with Crippen LogP contribution in [-0.4, -0.2) is 16.7 Å². The highest BCUT2D eigenvalue weighted by atomic mass is 35.5. The number of halogens is 1. The number of amides is 1. The number of nitrogen functional groups attached to an aromatic ring is 1. The number of hydrogen-bond donors (Lipinski definition) is 2. The number of carbonyl (C=O) groups is 2. The lowest BCUT2D eigenvalue weighted by atomic mass is 9.78. The maximum atomic E-state index is 12.2. The first kappa shape index (κ1) is 17.4. The summed E-state index contributed by atoms with van der Waals surface area (Å²) < 4.78 is 0. The van der Waals surface area contributed by atoms with Crippen molar-refractivity contribution < 1.29 is 9.59 Å². The molecule has 1 aromatic heterocycles. The quantitative estimate of drug-likeness (QED) is 0.810. The van der Waals surface area contributed by atoms with Crippen LogP contribution in [0.2, 0.25) is 0 Å². The number of nitrogens with one attached hydrogen (secondary N) is 1. The molecule has 0 aliphatic heterocycles. The molecule has 1 aliphatic rings. The van der Waals surface area contributed by atoms with Gasteiger partial charge in [-0.2, -0.15) is 0 Å². The van der Waals surface area contributed by atoms with Crippen LogP contribution in [0.3, 0.4) is 0 Å². The minimum absolute atomic E-state index is 0. The number of nitrogens with two attached hydrogens (primary N) is 1. The minimum atomic E-state index is -0.309. The second-order valence-electron chi connectivity index (χ2n) is 6.28. The van der Waals surface area contributed by atoms with Crippen LogP contribution in [0.5, 0.6) is 0 Å². The van der Waals surface area contributed by atoms with E-state index in [1.54, 1.807) is 24.3 Å². The van der Waals surface area contributed by atoms with Crippen molar-refractivity contribution in [3.63, 3.8) is 0 Å². The van der Waals surface area contributed by atoms with Gasteiger partial charge in [-0.1, -0.05) is 37.3 Å². The molecule has 0 atom stereocenters. The molecule has 23 heavy (non-hydrogen) atoms. The van der Waals surface area contributed by atoms with E-state index in [2.05, 4.69) is 24.1 Å². The third-order valence-corrected chi connectivity index (χ3v) is 4.72. The van der Waals surface area contributed by atoms with E-state index in [9.17, 15) is 9.59 Å². The molecule has 0 unspecified atom stereocenters. The molecule has 0 radical (unpaired) electrons. The second kappa shape index (κ2) is 6.29. The summed E-state index contributed by atoms with van der Waals surface area (Å²) in [5.74, 6) is -0.209. The Balaban J connectivity index is 0.00000192. The van der Waals surface area contributed by atoms with Crippen molar-refractivity contribution in [3.8, 4) is 0 Å². The van der Waals surface area contributed by atoms with E-state index in [0.717, 1.165) is 12.1 Å². The molecule has 0 spiro atoms. The summed E-state index contributed by atoms with van der Waals surface area (Å²) in [6, 6.07) is 6.86. The number of Topliss-reactive ketones (excluding diaryl/α,β-unsaturated/α-hetero) is 1. The molecule has 122 valence electrons. The fourth-order valence-corrected chi connectivity index (χ4v) is 3.56. The number of rotatable bonds is 2. The molecule has 1 heterocycles. The van der Waals surface area contributed by atoms with E-state index in [1.807, 2.05) is 0 Å². The summed E-state index contributed by atoms with van der Waals surface area (Å²) in [5, 5.41) is 3.19. The van der Waals surface area contributed by atoms with Crippen LogP contribution in [0, 0.1) is 5.41 Å². The number of ketones is 1. The third kappa shape index (κ3) is 3.54. The predicted octanol–water partition coefficient (Wildman–Crippen LogP) is 3.55. The molecule has 5 nitrogen and oxygen atoms in total. The third-order valence-electron chi connectivity index (χ3n) is 3.66. The summed E-state index contributed by atoms with van der Waals surface area (Å²) in [6.45, 7) is 4.10. The van der Waals surface area contributed by atoms with Crippen LogP contribution in [0.15, 0.2) is 24.3 Å². The molecule has 0 bridgehead atoms. The number of carbonyl (C=O) groups excluding carboxylic acids is 2. The van der Waals surface area contributed by atoms with Crippen molar-refractivity contribution >= 4 is 46.3 Å². The summed E-state index contributed by atoms with van der Waals surface area (Å²) >= 11 is 1.24. The van der Waals surface area contributed by atoms with Gasteiger partial charge in [0.05, 0.1) is 16.1 Å². The standard InChI is InChI=1S/C16H17N3O2S.ClH/c1-16(2)7-11-13(12(20)8-16)22-15(18-11)19-14(21)9-5-3-4-6-10(9)17;/h3-6H,7-8,17H2,1-2H3,(H,18,19,21);1H. The molecule has 3 N–H and O–H groups in total. The fourth-order valence-electron chi connectivity index (χ4n) is 2.64. The number of aromatic nitrogens is 1. The van der Waals surface area contributed by atoms with Crippen LogP contribution < -0.4 is 11.1 Å². The topological polar surface area (TPSA) is 85.1 Å². The Labute approximate surface area is 144 Å². The Hall–Kier alpha value is -1.92. The minimum Gasteiger partial charge on any atom is -0.398 e. The van der Waals surface area contributed by atoms with Gasteiger partial charge in [-0.3, -0.25) is 14.9 Å². The summed E-state index contributed by atoms with van der Waals surface area (Å²) in [6.07, 6.45) is 1.26. The maximum Gasteiger partial charge on any atom is 0.259 e. The van der Waals surface area contributed by atoms with Crippen molar-refractivity contribution in [2.24, 2.45) is 5.41 Å². The number of fused-ring (bicyclic) bond motifs is 1. The first-order valence-electron chi connectivity index (χ1n) is 7.04. The molecule has 1 amide bonds. The van der Waals surface area contributed by atoms with Crippen LogP contribution in [0.4, 0.5) is 10.8 Å². The highest BCUT2D eigenvalue weighted by Crippen LogP contribution is 2.38. The van der Waals surface area contributed by atoms with E-state index < -0.39 is 0 Å². The number of anilines is 2. The van der Waals surface area contributed by atoms with Crippen molar-refractivity contribution in [3.05, 3.63) is 40.4 Å². The van der Waals surface area contributed by atoms with E-state index in [-0.39, 0.29) is 29.5 Å². The molecule has 2 aromatic rings. The molecule has 0 saturated carbocycles. The second-order valence-corrected chi connectivity index (χ2v) is 7.28. The smallest absolute Gasteiger partial charge is 0.259 e. The van der Waals surface area contributed by atoms with E-state index >= 15 is 0 Å². The Kier molecular flexibility index (Phi) is 4.77. The molecular formula is C16H18ClN3O2S. The Morgan fingerprint density at radius 1 is 1.30 bits per heavy atom. The molecular weight excluding hydrogens is 334 g/mol. The Bertz CT molecular complexity index is 770. The molecule has 3 rings (SSSR count). The van der Waals surface area contributed by atoms with Crippen molar-refractivity contribution in [2.75, 3.05) is 11.1 Å². The predicted molar refractivity (Wildman–Crippen MR) is 94.6 cm³/mol. The Morgan fingerprint density at radius 3 is 2.70 bits per heavy atom. The summed E-state index contributed by atoms with van der Waals surface area (Å²) in [4.78, 5) is 29.5. The molecule has 0 fully saturated rings. The average molecular weight is 352 g/mol. The Morgan fingerprint density at radius 2 is 2.00 bits per heavy atom. The van der Waals surface area contributed by atoms with Gasteiger partial charge < -0.3 is 5.73 Å². The van der Waals surface area contributed by atoms with Gasteiger partial charge in [0.15, 0.2) is 10.9 Å². The monoisotopic (exact) mass is 351 g/mol. The maximum absolute atomic E-state index is 12.2. The van der Waals surface area contributed by atoms with Gasteiger partial charge in [-0.15, -0.1) is 12.4 Å². The lowest BCUT2D eigenvalue weighted by Gasteiger charge is -2.26. The van der Waals surface area contributed by atoms with Crippen molar-refractivity contribution in [1.82, 2.24) is 4.98 Å². The van der Waals surface area contributed by atoms with E-state index in [0.29, 0.717) is 27.7 Å². The van der Waals surface area contributed by atoms with Crippen molar-refractivity contribution in [2.45, 2.75) is 26.7 Å². The first-order valence-corrected chi connectivity index (χ1v) is 7.86. The highest BCUT2D eigenvalue weighted by molar-refractivity contribution is 7.17. The number of hydrogen-bond acceptors (Lipinski definition) is 5. The van der Waals surface area contributed by atoms with Crippen LogP contribution in [0.1, 0.15) is 46.0 Å². The van der Waals surface area contributed by atoms with E-state index in [1.165, 1.54) is 11.3 Å². The zero-order valence-corrected chi connectivity index (χ0v) is 14.5. The van der Waals surface area contributed by atoms with Gasteiger partial charge in [0.25, 0.3) is 5.91 Å². The highest BCUT2D eigenvalue weighted by Gasteiger charge is 2.34. The van der Waals surface area contributed by atoms with Gasteiger partial charge in [-0.25, -0.2) is 4.98 Å². The zero-order valence-electron chi connectivity index (χ0n) is 12.9. The van der Waals surface area contributed by atoms with Gasteiger partial charge >= 0.3 is 0 Å². The number of thiazole rings is 1. The summed E-state index contributed by atoms with van der Waals surface area (Å²) in [7, 11) is 0. The molecule has 7 heteroatoms. The SMILES string of the molecule is CC1(C)CC(=O)c2sc(NC(=O)c3ccccc3N)nc2C1.Cl. The number of benzene rings is 1. The zero-order chi connectivity index (χ0) is 15.9. The largest absolute Gasteiger partial charge is 0.398 e. The van der Waals surface area contributed by atoms with Gasteiger partial charge in [0.2, 0.25) is 0 Å². The normalized spacial score (nSPS) is 15.5. The fraction of sp³-hybridized carbons (Fsp3) is 0.312. The van der Waals surface area contributed by atoms with Gasteiger partial charge in [0.1, 0.15) is 0 Å². The van der Waals surface area contributed by atoms with Crippen LogP contribution in [0.25, 0.3) is 0 Å². The van der Waals surface area contributed by atoms with Gasteiger partial charge in [0, 0.05) is 12.1 Å². The van der Waals surface area contributed by atoms with Crippen molar-refractivity contribution in [1.29, 1.82) is 0 Å². The van der Waals surface area contributed by atoms with Crippen LogP contribution in [-0.2, 0) is 6.42 Å². The summed E-state index contributed by atoms with van der Waals surface area (Å²) in [5.41, 5.74) is 7.32. The van der Waals surface area contributed by atoms with E-state index in [4.69, 9.17) is 5.73 Å². The van der Waals surface area contributed by atoms with Crippen LogP contribution >= 0.6 is 23.7 Å². The van der Waals surface area contributed by atoms with Gasteiger partial charge in [-0.05, 0) is 24.0 Å². The molecule has 1 aliphatic carbocycles. The number of nitrogens with zero attached hydrogens (tertiary/aromatic N) is 1. The molecule has 1 aromatic carbocycles. The number of para-hydroxylation sites is 1. The lowest BCUT2D eigenvalue weighted by molar-refractivity contribution is 0.0915.